The molecule has 2 aromatic heterocycles. The van der Waals surface area contributed by atoms with Crippen molar-refractivity contribution in [3.05, 3.63) is 23.6 Å². The van der Waals surface area contributed by atoms with Gasteiger partial charge >= 0.3 is 0 Å². The number of anilines is 1. The number of rotatable bonds is 2. The minimum atomic E-state index is 0.375. The van der Waals surface area contributed by atoms with E-state index in [4.69, 9.17) is 17.3 Å². The first-order chi connectivity index (χ1) is 7.15. The van der Waals surface area contributed by atoms with Crippen LogP contribution in [-0.4, -0.2) is 19.7 Å². The molecule has 15 heavy (non-hydrogen) atoms. The van der Waals surface area contributed by atoms with Crippen molar-refractivity contribution in [3.63, 3.8) is 0 Å². The largest absolute Gasteiger partial charge is 0.399 e. The fraction of sp³-hybridized carbons (Fsp3) is 0.125. The van der Waals surface area contributed by atoms with E-state index in [9.17, 15) is 0 Å². The van der Waals surface area contributed by atoms with Crippen LogP contribution in [0.2, 0.25) is 5.15 Å². The van der Waals surface area contributed by atoms with Crippen molar-refractivity contribution in [2.75, 3.05) is 5.73 Å². The Morgan fingerprint density at radius 3 is 2.87 bits per heavy atom. The summed E-state index contributed by atoms with van der Waals surface area (Å²) >= 11 is 7.15. The molecule has 7 heteroatoms. The second-order valence-electron chi connectivity index (χ2n) is 2.83. The molecule has 0 fully saturated rings. The number of halogens is 1. The Morgan fingerprint density at radius 2 is 2.27 bits per heavy atom. The molecule has 2 N–H and O–H groups in total. The van der Waals surface area contributed by atoms with Crippen LogP contribution in [0.1, 0.15) is 0 Å². The van der Waals surface area contributed by atoms with E-state index in [1.165, 1.54) is 18.1 Å². The maximum absolute atomic E-state index is 5.78. The van der Waals surface area contributed by atoms with E-state index >= 15 is 0 Å². The van der Waals surface area contributed by atoms with Gasteiger partial charge in [-0.3, -0.25) is 0 Å². The van der Waals surface area contributed by atoms with Crippen molar-refractivity contribution >= 4 is 29.1 Å². The zero-order valence-corrected chi connectivity index (χ0v) is 9.46. The molecule has 0 saturated carbocycles. The number of aromatic nitrogens is 4. The van der Waals surface area contributed by atoms with Gasteiger partial charge in [0, 0.05) is 12.7 Å². The van der Waals surface area contributed by atoms with Crippen LogP contribution in [0.15, 0.2) is 28.6 Å². The Kier molecular flexibility index (Phi) is 2.79. The van der Waals surface area contributed by atoms with Gasteiger partial charge in [0.25, 0.3) is 0 Å². The van der Waals surface area contributed by atoms with Crippen LogP contribution in [0.3, 0.4) is 0 Å². The average molecular weight is 242 g/mol. The molecule has 0 radical (unpaired) electrons. The molecule has 0 unspecified atom stereocenters. The van der Waals surface area contributed by atoms with Gasteiger partial charge in [0.2, 0.25) is 0 Å². The Labute approximate surface area is 95.7 Å². The van der Waals surface area contributed by atoms with Crippen molar-refractivity contribution in [3.8, 4) is 0 Å². The Morgan fingerprint density at radius 1 is 1.47 bits per heavy atom. The summed E-state index contributed by atoms with van der Waals surface area (Å²) in [6.07, 6.45) is 1.48. The van der Waals surface area contributed by atoms with Crippen LogP contribution in [0, 0.1) is 0 Å². The van der Waals surface area contributed by atoms with Crippen LogP contribution >= 0.6 is 23.4 Å². The lowest BCUT2D eigenvalue weighted by molar-refractivity contribution is 0.684. The molecule has 0 bridgehead atoms. The molecule has 0 aliphatic carbocycles. The van der Waals surface area contributed by atoms with Gasteiger partial charge in [0.05, 0.1) is 0 Å². The third kappa shape index (κ3) is 2.40. The third-order valence-electron chi connectivity index (χ3n) is 1.66. The molecule has 78 valence electrons. The highest BCUT2D eigenvalue weighted by molar-refractivity contribution is 7.99. The van der Waals surface area contributed by atoms with E-state index in [2.05, 4.69) is 15.1 Å². The fourth-order valence-corrected chi connectivity index (χ4v) is 2.09. The average Bonchev–Trinajstić information content (AvgIpc) is 2.50. The minimum absolute atomic E-state index is 0.375. The molecule has 0 aromatic carbocycles. The number of nitrogen functional groups attached to an aromatic ring is 1. The highest BCUT2D eigenvalue weighted by atomic mass is 35.5. The molecular weight excluding hydrogens is 234 g/mol. The topological polar surface area (TPSA) is 69.6 Å². The van der Waals surface area contributed by atoms with Gasteiger partial charge in [-0.2, -0.15) is 5.10 Å². The Bertz CT molecular complexity index is 463. The smallest absolute Gasteiger partial charge is 0.192 e. The molecule has 0 saturated heterocycles. The maximum atomic E-state index is 5.78. The van der Waals surface area contributed by atoms with Crippen molar-refractivity contribution in [1.82, 2.24) is 19.7 Å². The summed E-state index contributed by atoms with van der Waals surface area (Å²) in [5, 5.41) is 5.77. The molecule has 0 atom stereocenters. The monoisotopic (exact) mass is 241 g/mol. The van der Waals surface area contributed by atoms with Gasteiger partial charge in [-0.15, -0.1) is 0 Å². The summed E-state index contributed by atoms with van der Waals surface area (Å²) in [5.41, 5.74) is 6.23. The zero-order chi connectivity index (χ0) is 10.8. The molecular formula is C8H8ClN5S. The van der Waals surface area contributed by atoms with Crippen molar-refractivity contribution in [1.29, 1.82) is 0 Å². The summed E-state index contributed by atoms with van der Waals surface area (Å²) in [5.74, 6) is 0. The van der Waals surface area contributed by atoms with Crippen LogP contribution < -0.4 is 5.73 Å². The lowest BCUT2D eigenvalue weighted by Crippen LogP contribution is -1.94. The van der Waals surface area contributed by atoms with Gasteiger partial charge in [-0.1, -0.05) is 11.6 Å². The Balaban J connectivity index is 2.28. The van der Waals surface area contributed by atoms with Gasteiger partial charge in [0.1, 0.15) is 16.5 Å². The Hall–Kier alpha value is -1.27. The van der Waals surface area contributed by atoms with Gasteiger partial charge in [0.15, 0.2) is 5.16 Å². The van der Waals surface area contributed by atoms with Crippen molar-refractivity contribution in [2.45, 2.75) is 10.2 Å². The van der Waals surface area contributed by atoms with Crippen LogP contribution in [-0.2, 0) is 7.05 Å². The second kappa shape index (κ2) is 4.08. The summed E-state index contributed by atoms with van der Waals surface area (Å²) in [4.78, 5) is 8.18. The maximum Gasteiger partial charge on any atom is 0.192 e. The predicted octanol–water partition coefficient (Wildman–Crippen LogP) is 1.60. The lowest BCUT2D eigenvalue weighted by Gasteiger charge is -2.01. The predicted molar refractivity (Wildman–Crippen MR) is 58.8 cm³/mol. The first-order valence-electron chi connectivity index (χ1n) is 4.10. The lowest BCUT2D eigenvalue weighted by atomic mass is 10.4. The number of nitrogens with zero attached hydrogens (tertiary/aromatic N) is 4. The van der Waals surface area contributed by atoms with Gasteiger partial charge in [-0.25, -0.2) is 14.6 Å². The van der Waals surface area contributed by atoms with Crippen LogP contribution in [0.25, 0.3) is 0 Å². The highest BCUT2D eigenvalue weighted by Gasteiger charge is 2.06. The molecule has 0 aliphatic rings. The summed E-state index contributed by atoms with van der Waals surface area (Å²) < 4.78 is 1.66. The minimum Gasteiger partial charge on any atom is -0.399 e. The molecule has 0 spiro atoms. The molecule has 0 amide bonds. The fourth-order valence-electron chi connectivity index (χ4n) is 1.02. The molecule has 2 heterocycles. The van der Waals surface area contributed by atoms with Crippen molar-refractivity contribution < 1.29 is 0 Å². The number of pyridine rings is 1. The van der Waals surface area contributed by atoms with E-state index < -0.39 is 0 Å². The first-order valence-corrected chi connectivity index (χ1v) is 5.29. The molecule has 5 nitrogen and oxygen atoms in total. The van der Waals surface area contributed by atoms with Crippen molar-refractivity contribution in [2.24, 2.45) is 7.05 Å². The number of aryl methyl sites for hydroxylation is 1. The standard InChI is InChI=1S/C8H8ClN5S/c1-14-8(11-4-12-14)15-7-3-5(10)2-6(9)13-7/h2-4H,1H3,(H2,10,13). The second-order valence-corrected chi connectivity index (χ2v) is 4.20. The normalized spacial score (nSPS) is 10.5. The third-order valence-corrected chi connectivity index (χ3v) is 2.82. The van der Waals surface area contributed by atoms with E-state index in [0.717, 1.165) is 5.16 Å². The van der Waals surface area contributed by atoms with E-state index in [0.29, 0.717) is 15.9 Å². The quantitative estimate of drug-likeness (QED) is 0.809. The van der Waals surface area contributed by atoms with Crippen LogP contribution in [0.5, 0.6) is 0 Å². The molecule has 2 rings (SSSR count). The SMILES string of the molecule is Cn1ncnc1Sc1cc(N)cc(Cl)n1. The van der Waals surface area contributed by atoms with Gasteiger partial charge < -0.3 is 5.73 Å². The molecule has 2 aromatic rings. The molecule has 0 aliphatic heterocycles. The van der Waals surface area contributed by atoms with E-state index in [1.54, 1.807) is 16.8 Å². The zero-order valence-electron chi connectivity index (χ0n) is 7.88. The highest BCUT2D eigenvalue weighted by Crippen LogP contribution is 2.26. The van der Waals surface area contributed by atoms with Crippen LogP contribution in [0.4, 0.5) is 5.69 Å². The van der Waals surface area contributed by atoms with Gasteiger partial charge in [-0.05, 0) is 23.9 Å². The van der Waals surface area contributed by atoms with E-state index in [1.807, 2.05) is 7.05 Å². The number of hydrogen-bond acceptors (Lipinski definition) is 5. The summed E-state index contributed by atoms with van der Waals surface area (Å²) in [6.45, 7) is 0. The summed E-state index contributed by atoms with van der Waals surface area (Å²) in [7, 11) is 1.81. The number of nitrogens with two attached hydrogens (primary N) is 1. The first kappa shape index (κ1) is 10.3. The number of hydrogen-bond donors (Lipinski definition) is 1. The van der Waals surface area contributed by atoms with E-state index in [-0.39, 0.29) is 0 Å². The summed E-state index contributed by atoms with van der Waals surface area (Å²) in [6, 6.07) is 3.34.